The Balaban J connectivity index is 1.52. The Morgan fingerprint density at radius 1 is 1.18 bits per heavy atom. The van der Waals surface area contributed by atoms with E-state index in [1.54, 1.807) is 0 Å². The zero-order valence-electron chi connectivity index (χ0n) is 13.1. The van der Waals surface area contributed by atoms with E-state index in [0.29, 0.717) is 32.3 Å². The summed E-state index contributed by atoms with van der Waals surface area (Å²) in [5.74, 6) is 1.00. The average Bonchev–Trinajstić information content (AvgIpc) is 2.62. The molecule has 120 valence electrons. The Morgan fingerprint density at radius 3 is 2.50 bits per heavy atom. The Labute approximate surface area is 131 Å². The number of carbonyl (C=O) groups is 1. The number of pyridine rings is 1. The van der Waals surface area contributed by atoms with Crippen LogP contribution in [-0.4, -0.2) is 73.3 Å². The molecule has 2 amide bonds. The fourth-order valence-corrected chi connectivity index (χ4v) is 3.15. The van der Waals surface area contributed by atoms with Crippen molar-refractivity contribution in [3.63, 3.8) is 0 Å². The lowest BCUT2D eigenvalue weighted by molar-refractivity contribution is 0.0412. The standard InChI is InChI=1S/C16H24N4O2/c1-18(15-4-2-3-7-17-15)14-5-8-19(9-6-14)16(21)20-10-12-22-13-11-20/h2-4,7,14H,5-6,8-13H2,1H3. The van der Waals surface area contributed by atoms with Crippen molar-refractivity contribution in [1.29, 1.82) is 0 Å². The molecule has 2 saturated heterocycles. The second-order valence-corrected chi connectivity index (χ2v) is 5.90. The first-order chi connectivity index (χ1) is 10.8. The van der Waals surface area contributed by atoms with Crippen molar-refractivity contribution < 1.29 is 9.53 Å². The van der Waals surface area contributed by atoms with Crippen LogP contribution >= 0.6 is 0 Å². The molecule has 6 heteroatoms. The van der Waals surface area contributed by atoms with Gasteiger partial charge in [0.25, 0.3) is 0 Å². The molecule has 1 aromatic rings. The molecule has 0 atom stereocenters. The highest BCUT2D eigenvalue weighted by Gasteiger charge is 2.29. The minimum Gasteiger partial charge on any atom is -0.378 e. The van der Waals surface area contributed by atoms with Gasteiger partial charge in [-0.3, -0.25) is 0 Å². The molecule has 22 heavy (non-hydrogen) atoms. The second-order valence-electron chi connectivity index (χ2n) is 5.90. The summed E-state index contributed by atoms with van der Waals surface area (Å²) in [6, 6.07) is 6.59. The molecule has 2 fully saturated rings. The number of hydrogen-bond donors (Lipinski definition) is 0. The molecule has 0 radical (unpaired) electrons. The van der Waals surface area contributed by atoms with Gasteiger partial charge in [-0.25, -0.2) is 9.78 Å². The zero-order valence-corrected chi connectivity index (χ0v) is 13.1. The molecule has 0 aliphatic carbocycles. The SMILES string of the molecule is CN(c1ccccn1)C1CCN(C(=O)N2CCOCC2)CC1. The van der Waals surface area contributed by atoms with E-state index >= 15 is 0 Å². The number of likely N-dealkylation sites (tertiary alicyclic amines) is 1. The van der Waals surface area contributed by atoms with E-state index in [-0.39, 0.29) is 6.03 Å². The molecule has 2 aliphatic rings. The fraction of sp³-hybridized carbons (Fsp3) is 0.625. The number of nitrogens with zero attached hydrogens (tertiary/aromatic N) is 4. The van der Waals surface area contributed by atoms with Crippen LogP contribution in [0.2, 0.25) is 0 Å². The number of piperidine rings is 1. The minimum atomic E-state index is 0.169. The third-order valence-electron chi connectivity index (χ3n) is 4.57. The van der Waals surface area contributed by atoms with Crippen molar-refractivity contribution in [2.45, 2.75) is 18.9 Å². The van der Waals surface area contributed by atoms with Crippen LogP contribution in [-0.2, 0) is 4.74 Å². The van der Waals surface area contributed by atoms with Gasteiger partial charge in [-0.15, -0.1) is 0 Å². The number of rotatable bonds is 2. The Hall–Kier alpha value is -1.82. The summed E-state index contributed by atoms with van der Waals surface area (Å²) in [5.41, 5.74) is 0. The molecule has 3 rings (SSSR count). The second kappa shape index (κ2) is 6.96. The molecule has 0 unspecified atom stereocenters. The summed E-state index contributed by atoms with van der Waals surface area (Å²) in [5, 5.41) is 0. The van der Waals surface area contributed by atoms with E-state index in [4.69, 9.17) is 4.74 Å². The van der Waals surface area contributed by atoms with Gasteiger partial charge < -0.3 is 19.4 Å². The van der Waals surface area contributed by atoms with Gasteiger partial charge in [0.15, 0.2) is 0 Å². The molecule has 0 N–H and O–H groups in total. The fourth-order valence-electron chi connectivity index (χ4n) is 3.15. The van der Waals surface area contributed by atoms with E-state index in [0.717, 1.165) is 31.7 Å². The van der Waals surface area contributed by atoms with E-state index < -0.39 is 0 Å². The molecular formula is C16H24N4O2. The largest absolute Gasteiger partial charge is 0.378 e. The lowest BCUT2D eigenvalue weighted by atomic mass is 10.0. The number of aromatic nitrogens is 1. The van der Waals surface area contributed by atoms with Gasteiger partial charge >= 0.3 is 6.03 Å². The molecule has 0 saturated carbocycles. The van der Waals surface area contributed by atoms with Crippen molar-refractivity contribution in [3.05, 3.63) is 24.4 Å². The molecule has 0 spiro atoms. The summed E-state index contributed by atoms with van der Waals surface area (Å²) in [4.78, 5) is 23.0. The molecule has 0 bridgehead atoms. The smallest absolute Gasteiger partial charge is 0.320 e. The summed E-state index contributed by atoms with van der Waals surface area (Å²) in [6.45, 7) is 4.38. The normalized spacial score (nSPS) is 20.0. The summed E-state index contributed by atoms with van der Waals surface area (Å²) in [7, 11) is 2.09. The van der Waals surface area contributed by atoms with Gasteiger partial charge in [0.2, 0.25) is 0 Å². The summed E-state index contributed by atoms with van der Waals surface area (Å²) < 4.78 is 5.31. The van der Waals surface area contributed by atoms with Crippen LogP contribution in [0, 0.1) is 0 Å². The maximum Gasteiger partial charge on any atom is 0.320 e. The van der Waals surface area contributed by atoms with Gasteiger partial charge in [-0.2, -0.15) is 0 Å². The molecule has 2 aliphatic heterocycles. The van der Waals surface area contributed by atoms with Crippen LogP contribution < -0.4 is 4.90 Å². The highest BCUT2D eigenvalue weighted by atomic mass is 16.5. The first-order valence-corrected chi connectivity index (χ1v) is 8.01. The lowest BCUT2D eigenvalue weighted by Gasteiger charge is -2.39. The van der Waals surface area contributed by atoms with Gasteiger partial charge in [-0.1, -0.05) is 6.07 Å². The summed E-state index contributed by atoms with van der Waals surface area (Å²) >= 11 is 0. The summed E-state index contributed by atoms with van der Waals surface area (Å²) in [6.07, 6.45) is 3.80. The van der Waals surface area contributed by atoms with Crippen molar-refractivity contribution in [3.8, 4) is 0 Å². The quantitative estimate of drug-likeness (QED) is 0.829. The highest BCUT2D eigenvalue weighted by Crippen LogP contribution is 2.21. The number of morpholine rings is 1. The Bertz CT molecular complexity index is 482. The molecule has 1 aromatic heterocycles. The maximum absolute atomic E-state index is 12.5. The molecule has 0 aromatic carbocycles. The third-order valence-corrected chi connectivity index (χ3v) is 4.57. The number of ether oxygens (including phenoxy) is 1. The van der Waals surface area contributed by atoms with E-state index in [1.165, 1.54) is 0 Å². The Kier molecular flexibility index (Phi) is 4.77. The Morgan fingerprint density at radius 2 is 1.86 bits per heavy atom. The zero-order chi connectivity index (χ0) is 15.4. The average molecular weight is 304 g/mol. The number of anilines is 1. The van der Waals surface area contributed by atoms with Gasteiger partial charge in [0.05, 0.1) is 13.2 Å². The van der Waals surface area contributed by atoms with Crippen molar-refractivity contribution in [2.24, 2.45) is 0 Å². The number of urea groups is 1. The van der Waals surface area contributed by atoms with Crippen LogP contribution in [0.25, 0.3) is 0 Å². The van der Waals surface area contributed by atoms with Crippen LogP contribution in [0.5, 0.6) is 0 Å². The predicted molar refractivity (Wildman–Crippen MR) is 85.0 cm³/mol. The predicted octanol–water partition coefficient (Wildman–Crippen LogP) is 1.43. The van der Waals surface area contributed by atoms with Crippen LogP contribution in [0.4, 0.5) is 10.6 Å². The third kappa shape index (κ3) is 3.32. The molecular weight excluding hydrogens is 280 g/mol. The van der Waals surface area contributed by atoms with Crippen LogP contribution in [0.1, 0.15) is 12.8 Å². The first-order valence-electron chi connectivity index (χ1n) is 8.01. The van der Waals surface area contributed by atoms with Crippen molar-refractivity contribution in [2.75, 3.05) is 51.3 Å². The minimum absolute atomic E-state index is 0.169. The van der Waals surface area contributed by atoms with E-state index in [2.05, 4.69) is 16.9 Å². The first kappa shape index (κ1) is 15.1. The highest BCUT2D eigenvalue weighted by molar-refractivity contribution is 5.74. The number of amides is 2. The van der Waals surface area contributed by atoms with E-state index in [9.17, 15) is 4.79 Å². The number of carbonyl (C=O) groups excluding carboxylic acids is 1. The van der Waals surface area contributed by atoms with E-state index in [1.807, 2.05) is 34.2 Å². The van der Waals surface area contributed by atoms with Gasteiger partial charge in [-0.05, 0) is 25.0 Å². The molecule has 3 heterocycles. The maximum atomic E-state index is 12.5. The lowest BCUT2D eigenvalue weighted by Crippen LogP contribution is -2.52. The van der Waals surface area contributed by atoms with Crippen LogP contribution in [0.3, 0.4) is 0 Å². The van der Waals surface area contributed by atoms with Gasteiger partial charge in [0, 0.05) is 45.5 Å². The van der Waals surface area contributed by atoms with Crippen molar-refractivity contribution in [1.82, 2.24) is 14.8 Å². The number of hydrogen-bond acceptors (Lipinski definition) is 4. The van der Waals surface area contributed by atoms with Gasteiger partial charge in [0.1, 0.15) is 5.82 Å². The van der Waals surface area contributed by atoms with Crippen LogP contribution in [0.15, 0.2) is 24.4 Å². The molecule has 6 nitrogen and oxygen atoms in total. The van der Waals surface area contributed by atoms with Crippen molar-refractivity contribution >= 4 is 11.8 Å². The topological polar surface area (TPSA) is 48.9 Å². The monoisotopic (exact) mass is 304 g/mol.